The van der Waals surface area contributed by atoms with Gasteiger partial charge in [0.2, 0.25) is 0 Å². The van der Waals surface area contributed by atoms with Crippen molar-refractivity contribution < 1.29 is 4.52 Å². The second kappa shape index (κ2) is 5.55. The minimum absolute atomic E-state index is 0.429. The highest BCUT2D eigenvalue weighted by molar-refractivity contribution is 5.45. The third-order valence-corrected chi connectivity index (χ3v) is 4.80. The van der Waals surface area contributed by atoms with Gasteiger partial charge in [0.25, 0.3) is 0 Å². The topological polar surface area (TPSA) is 84.4 Å². The van der Waals surface area contributed by atoms with Crippen LogP contribution in [0.25, 0.3) is 5.65 Å². The number of aromatic nitrogens is 5. The third kappa shape index (κ3) is 2.62. The SMILES string of the molecule is c1cc2nncn2nc1N1CCC(NCc2cc(C3CC3)no2)C1. The largest absolute Gasteiger partial charge is 0.360 e. The fraction of sp³-hybridized carbons (Fsp3) is 0.500. The first-order valence-electron chi connectivity index (χ1n) is 8.46. The molecule has 24 heavy (non-hydrogen) atoms. The maximum atomic E-state index is 5.42. The van der Waals surface area contributed by atoms with Gasteiger partial charge in [0, 0.05) is 31.1 Å². The highest BCUT2D eigenvalue weighted by Gasteiger charge is 2.28. The van der Waals surface area contributed by atoms with Crippen LogP contribution in [-0.4, -0.2) is 44.1 Å². The van der Waals surface area contributed by atoms with Crippen LogP contribution in [0.1, 0.15) is 36.6 Å². The van der Waals surface area contributed by atoms with Crippen molar-refractivity contribution in [2.75, 3.05) is 18.0 Å². The molecule has 1 atom stereocenters. The van der Waals surface area contributed by atoms with Crippen molar-refractivity contribution in [3.8, 4) is 0 Å². The zero-order valence-electron chi connectivity index (χ0n) is 13.3. The number of hydrogen-bond acceptors (Lipinski definition) is 7. The summed E-state index contributed by atoms with van der Waals surface area (Å²) in [6.07, 6.45) is 5.22. The lowest BCUT2D eigenvalue weighted by atomic mass is 10.2. The standard InChI is InChI=1S/C16H19N7O/c1-2-11(1)14-7-13(24-21-14)8-17-12-5-6-22(9-12)16-4-3-15-19-18-10-23(15)20-16/h3-4,7,10-12,17H,1-2,5-6,8-9H2. The Balaban J connectivity index is 1.20. The molecule has 2 fully saturated rings. The average Bonchev–Trinajstić information content (AvgIpc) is 3.05. The van der Waals surface area contributed by atoms with E-state index in [1.54, 1.807) is 10.8 Å². The van der Waals surface area contributed by atoms with Gasteiger partial charge >= 0.3 is 0 Å². The number of nitrogens with one attached hydrogen (secondary N) is 1. The van der Waals surface area contributed by atoms with Crippen molar-refractivity contribution in [1.29, 1.82) is 0 Å². The highest BCUT2D eigenvalue weighted by Crippen LogP contribution is 2.39. The number of fused-ring (bicyclic) bond motifs is 1. The summed E-state index contributed by atoms with van der Waals surface area (Å²) in [6, 6.07) is 6.48. The molecule has 1 N–H and O–H groups in total. The van der Waals surface area contributed by atoms with Crippen molar-refractivity contribution in [2.24, 2.45) is 0 Å². The molecule has 1 unspecified atom stereocenters. The van der Waals surface area contributed by atoms with Crippen molar-refractivity contribution in [2.45, 2.75) is 37.8 Å². The Morgan fingerprint density at radius 2 is 2.21 bits per heavy atom. The van der Waals surface area contributed by atoms with Crippen LogP contribution in [0.15, 0.2) is 29.0 Å². The number of hydrogen-bond donors (Lipinski definition) is 1. The molecule has 0 amide bonds. The normalized spacial score (nSPS) is 21.0. The van der Waals surface area contributed by atoms with E-state index in [-0.39, 0.29) is 0 Å². The molecule has 124 valence electrons. The van der Waals surface area contributed by atoms with Gasteiger partial charge < -0.3 is 14.7 Å². The van der Waals surface area contributed by atoms with E-state index in [1.807, 2.05) is 12.1 Å². The lowest BCUT2D eigenvalue weighted by Gasteiger charge is -2.17. The van der Waals surface area contributed by atoms with E-state index in [0.717, 1.165) is 49.0 Å². The maximum Gasteiger partial charge on any atom is 0.177 e. The van der Waals surface area contributed by atoms with Gasteiger partial charge in [0.1, 0.15) is 12.1 Å². The molecule has 8 heteroatoms. The van der Waals surface area contributed by atoms with Crippen molar-refractivity contribution >= 4 is 11.5 Å². The fourth-order valence-electron chi connectivity index (χ4n) is 3.25. The van der Waals surface area contributed by atoms with E-state index in [1.165, 1.54) is 12.8 Å². The molecule has 1 saturated carbocycles. The van der Waals surface area contributed by atoms with Crippen LogP contribution in [-0.2, 0) is 6.54 Å². The Hall–Kier alpha value is -2.48. The summed E-state index contributed by atoms with van der Waals surface area (Å²) in [5.41, 5.74) is 1.88. The van der Waals surface area contributed by atoms with Crippen LogP contribution in [0, 0.1) is 0 Å². The van der Waals surface area contributed by atoms with E-state index in [9.17, 15) is 0 Å². The molecule has 0 spiro atoms. The van der Waals surface area contributed by atoms with E-state index in [0.29, 0.717) is 12.0 Å². The van der Waals surface area contributed by atoms with E-state index in [4.69, 9.17) is 4.52 Å². The van der Waals surface area contributed by atoms with Gasteiger partial charge in [0.15, 0.2) is 11.4 Å². The van der Waals surface area contributed by atoms with Gasteiger partial charge in [-0.25, -0.2) is 0 Å². The van der Waals surface area contributed by atoms with Crippen LogP contribution < -0.4 is 10.2 Å². The average molecular weight is 325 g/mol. The molecule has 3 aromatic heterocycles. The zero-order valence-corrected chi connectivity index (χ0v) is 13.3. The van der Waals surface area contributed by atoms with Gasteiger partial charge in [-0.1, -0.05) is 5.16 Å². The van der Waals surface area contributed by atoms with Gasteiger partial charge in [-0.2, -0.15) is 4.52 Å². The molecule has 1 aliphatic carbocycles. The smallest absolute Gasteiger partial charge is 0.177 e. The monoisotopic (exact) mass is 325 g/mol. The minimum atomic E-state index is 0.429. The molecule has 2 aliphatic rings. The Bertz CT molecular complexity index is 853. The lowest BCUT2D eigenvalue weighted by molar-refractivity contribution is 0.360. The quantitative estimate of drug-likeness (QED) is 0.758. The van der Waals surface area contributed by atoms with Crippen molar-refractivity contribution in [3.05, 3.63) is 36.0 Å². The first-order chi connectivity index (χ1) is 11.8. The lowest BCUT2D eigenvalue weighted by Crippen LogP contribution is -2.32. The van der Waals surface area contributed by atoms with Crippen LogP contribution in [0.2, 0.25) is 0 Å². The zero-order chi connectivity index (χ0) is 15.9. The molecule has 1 saturated heterocycles. The van der Waals surface area contributed by atoms with Gasteiger partial charge in [-0.15, -0.1) is 15.3 Å². The van der Waals surface area contributed by atoms with Gasteiger partial charge in [0.05, 0.1) is 12.2 Å². The number of anilines is 1. The first kappa shape index (κ1) is 13.9. The van der Waals surface area contributed by atoms with Crippen LogP contribution in [0.4, 0.5) is 5.82 Å². The molecular weight excluding hydrogens is 306 g/mol. The van der Waals surface area contributed by atoms with Crippen molar-refractivity contribution in [1.82, 2.24) is 30.3 Å². The predicted octanol–water partition coefficient (Wildman–Crippen LogP) is 1.36. The number of nitrogens with zero attached hydrogens (tertiary/aromatic N) is 6. The van der Waals surface area contributed by atoms with Crippen LogP contribution in [0.5, 0.6) is 0 Å². The predicted molar refractivity (Wildman–Crippen MR) is 86.7 cm³/mol. The molecule has 4 heterocycles. The molecule has 0 radical (unpaired) electrons. The second-order valence-electron chi connectivity index (χ2n) is 6.63. The summed E-state index contributed by atoms with van der Waals surface area (Å²) in [5, 5.41) is 20.1. The number of rotatable bonds is 5. The molecule has 1 aliphatic heterocycles. The Morgan fingerprint density at radius 3 is 3.12 bits per heavy atom. The van der Waals surface area contributed by atoms with Crippen LogP contribution in [0.3, 0.4) is 0 Å². The van der Waals surface area contributed by atoms with E-state index in [2.05, 4.69) is 36.7 Å². The molecule has 0 bridgehead atoms. The summed E-state index contributed by atoms with van der Waals surface area (Å²) in [7, 11) is 0. The van der Waals surface area contributed by atoms with Gasteiger partial charge in [-0.05, 0) is 31.4 Å². The summed E-state index contributed by atoms with van der Waals surface area (Å²) in [5.74, 6) is 2.53. The third-order valence-electron chi connectivity index (χ3n) is 4.80. The van der Waals surface area contributed by atoms with Gasteiger partial charge in [-0.3, -0.25) is 0 Å². The molecular formula is C16H19N7O. The van der Waals surface area contributed by atoms with Crippen molar-refractivity contribution in [3.63, 3.8) is 0 Å². The molecule has 5 rings (SSSR count). The van der Waals surface area contributed by atoms with E-state index >= 15 is 0 Å². The molecule has 0 aromatic carbocycles. The Morgan fingerprint density at radius 1 is 1.25 bits per heavy atom. The molecule has 8 nitrogen and oxygen atoms in total. The summed E-state index contributed by atoms with van der Waals surface area (Å²) in [4.78, 5) is 2.28. The first-order valence-corrected chi connectivity index (χ1v) is 8.46. The molecule has 3 aromatic rings. The van der Waals surface area contributed by atoms with Crippen LogP contribution >= 0.6 is 0 Å². The minimum Gasteiger partial charge on any atom is -0.360 e. The summed E-state index contributed by atoms with van der Waals surface area (Å²) >= 11 is 0. The Labute approximate surface area is 138 Å². The highest BCUT2D eigenvalue weighted by atomic mass is 16.5. The summed E-state index contributed by atoms with van der Waals surface area (Å²) < 4.78 is 7.13. The maximum absolute atomic E-state index is 5.42. The Kier molecular flexibility index (Phi) is 3.22. The summed E-state index contributed by atoms with van der Waals surface area (Å²) in [6.45, 7) is 2.66. The van der Waals surface area contributed by atoms with E-state index < -0.39 is 0 Å². The second-order valence-corrected chi connectivity index (χ2v) is 6.63. The fourth-order valence-corrected chi connectivity index (χ4v) is 3.25.